The Morgan fingerprint density at radius 1 is 1.08 bits per heavy atom. The number of halogens is 1. The van der Waals surface area contributed by atoms with Crippen LogP contribution in [0.4, 0.5) is 4.79 Å². The molecule has 5 nitrogen and oxygen atoms in total. The summed E-state index contributed by atoms with van der Waals surface area (Å²) in [4.78, 5) is 11.9. The maximum absolute atomic E-state index is 11.9. The van der Waals surface area contributed by atoms with E-state index >= 15 is 0 Å². The van der Waals surface area contributed by atoms with Crippen LogP contribution in [0.1, 0.15) is 18.1 Å². The molecule has 1 atom stereocenters. The van der Waals surface area contributed by atoms with E-state index in [1.54, 1.807) is 26.2 Å². The van der Waals surface area contributed by atoms with Gasteiger partial charge >= 0.3 is 6.03 Å². The zero-order chi connectivity index (χ0) is 18.3. The van der Waals surface area contributed by atoms with Crippen molar-refractivity contribution in [1.29, 1.82) is 0 Å². The summed E-state index contributed by atoms with van der Waals surface area (Å²) >= 11 is 5.82. The quantitative estimate of drug-likeness (QED) is 0.708. The Bertz CT molecular complexity index is 685. The summed E-state index contributed by atoms with van der Waals surface area (Å²) in [5.74, 6) is 0.767. The molecule has 2 aromatic carbocycles. The molecule has 0 saturated heterocycles. The lowest BCUT2D eigenvalue weighted by Gasteiger charge is -2.24. The molecule has 0 aromatic heterocycles. The molecule has 25 heavy (non-hydrogen) atoms. The number of hydrogen-bond acceptors (Lipinski definition) is 3. The van der Waals surface area contributed by atoms with Crippen LogP contribution in [0.25, 0.3) is 0 Å². The minimum absolute atomic E-state index is 0.144. The lowest BCUT2D eigenvalue weighted by molar-refractivity contribution is 0.0624. The highest BCUT2D eigenvalue weighted by atomic mass is 35.5. The molecule has 6 heteroatoms. The Balaban J connectivity index is 1.77. The van der Waals surface area contributed by atoms with Gasteiger partial charge in [0.05, 0.1) is 12.7 Å². The maximum atomic E-state index is 11.9. The minimum atomic E-state index is -1.05. The first kappa shape index (κ1) is 19.1. The van der Waals surface area contributed by atoms with E-state index in [4.69, 9.17) is 16.3 Å². The van der Waals surface area contributed by atoms with E-state index < -0.39 is 5.60 Å². The van der Waals surface area contributed by atoms with Gasteiger partial charge < -0.3 is 20.5 Å². The fourth-order valence-corrected chi connectivity index (χ4v) is 2.49. The molecule has 134 valence electrons. The zero-order valence-electron chi connectivity index (χ0n) is 14.4. The van der Waals surface area contributed by atoms with Crippen LogP contribution in [-0.2, 0) is 13.0 Å². The molecule has 0 spiro atoms. The molecule has 0 fully saturated rings. The predicted molar refractivity (Wildman–Crippen MR) is 99.0 cm³/mol. The van der Waals surface area contributed by atoms with Crippen molar-refractivity contribution < 1.29 is 14.6 Å². The van der Waals surface area contributed by atoms with Gasteiger partial charge in [0.1, 0.15) is 5.75 Å². The van der Waals surface area contributed by atoms with E-state index in [-0.39, 0.29) is 12.6 Å². The van der Waals surface area contributed by atoms with Crippen molar-refractivity contribution in [2.75, 3.05) is 13.7 Å². The highest BCUT2D eigenvalue weighted by molar-refractivity contribution is 6.30. The van der Waals surface area contributed by atoms with Crippen LogP contribution in [0.5, 0.6) is 5.75 Å². The number of nitrogens with one attached hydrogen (secondary N) is 2. The Kier molecular flexibility index (Phi) is 6.67. The number of rotatable bonds is 7. The van der Waals surface area contributed by atoms with Crippen LogP contribution in [0.2, 0.25) is 5.02 Å². The Morgan fingerprint density at radius 2 is 1.68 bits per heavy atom. The molecule has 2 rings (SSSR count). The highest BCUT2D eigenvalue weighted by Gasteiger charge is 2.21. The predicted octanol–water partition coefficient (Wildman–Crippen LogP) is 3.14. The number of carbonyl (C=O) groups is 1. The Labute approximate surface area is 153 Å². The van der Waals surface area contributed by atoms with Gasteiger partial charge in [-0.05, 0) is 42.3 Å². The van der Waals surface area contributed by atoms with Crippen molar-refractivity contribution >= 4 is 17.6 Å². The molecule has 0 unspecified atom stereocenters. The highest BCUT2D eigenvalue weighted by Crippen LogP contribution is 2.16. The summed E-state index contributed by atoms with van der Waals surface area (Å²) in [5, 5.41) is 16.6. The van der Waals surface area contributed by atoms with Crippen LogP contribution in [-0.4, -0.2) is 30.4 Å². The van der Waals surface area contributed by atoms with E-state index in [0.29, 0.717) is 18.0 Å². The van der Waals surface area contributed by atoms with Gasteiger partial charge in [0.2, 0.25) is 0 Å². The third kappa shape index (κ3) is 6.64. The number of methoxy groups -OCH3 is 1. The Hall–Kier alpha value is -2.24. The normalized spacial score (nSPS) is 13.0. The number of hydrogen-bond donors (Lipinski definition) is 3. The SMILES string of the molecule is COc1ccc(C[C@@](C)(O)CNC(=O)NCc2ccc(Cl)cc2)cc1. The molecule has 3 N–H and O–H groups in total. The van der Waals surface area contributed by atoms with Crippen molar-refractivity contribution in [1.82, 2.24) is 10.6 Å². The van der Waals surface area contributed by atoms with Gasteiger partial charge in [-0.1, -0.05) is 35.9 Å². The maximum Gasteiger partial charge on any atom is 0.315 e. The van der Waals surface area contributed by atoms with E-state index in [1.807, 2.05) is 36.4 Å². The van der Waals surface area contributed by atoms with Gasteiger partial charge in [-0.2, -0.15) is 0 Å². The molecule has 0 bridgehead atoms. The van der Waals surface area contributed by atoms with Crippen molar-refractivity contribution in [3.63, 3.8) is 0 Å². The van der Waals surface area contributed by atoms with E-state index in [1.165, 1.54) is 0 Å². The number of aliphatic hydroxyl groups is 1. The van der Waals surface area contributed by atoms with E-state index in [0.717, 1.165) is 16.9 Å². The molecule has 2 aromatic rings. The van der Waals surface area contributed by atoms with E-state index in [9.17, 15) is 9.90 Å². The summed E-state index contributed by atoms with van der Waals surface area (Å²) in [6.45, 7) is 2.23. The van der Waals surface area contributed by atoms with Gasteiger partial charge in [-0.25, -0.2) is 4.79 Å². The van der Waals surface area contributed by atoms with Gasteiger partial charge in [-0.3, -0.25) is 0 Å². The summed E-state index contributed by atoms with van der Waals surface area (Å²) < 4.78 is 5.11. The molecular weight excluding hydrogens is 340 g/mol. The zero-order valence-corrected chi connectivity index (χ0v) is 15.1. The third-order valence-electron chi connectivity index (χ3n) is 3.74. The van der Waals surface area contributed by atoms with Crippen LogP contribution in [0.15, 0.2) is 48.5 Å². The van der Waals surface area contributed by atoms with Crippen molar-refractivity contribution in [3.05, 3.63) is 64.7 Å². The lowest BCUT2D eigenvalue weighted by atomic mass is 9.96. The third-order valence-corrected chi connectivity index (χ3v) is 3.99. The Morgan fingerprint density at radius 3 is 2.28 bits per heavy atom. The number of ether oxygens (including phenoxy) is 1. The van der Waals surface area contributed by atoms with Gasteiger partial charge in [0.25, 0.3) is 0 Å². The summed E-state index contributed by atoms with van der Waals surface area (Å²) in [6.07, 6.45) is 0.425. The average molecular weight is 363 g/mol. The molecule has 0 aliphatic heterocycles. The second kappa shape index (κ2) is 8.74. The molecular formula is C19H23ClN2O3. The van der Waals surface area contributed by atoms with Gasteiger partial charge in [0.15, 0.2) is 0 Å². The molecule has 0 aliphatic carbocycles. The van der Waals surface area contributed by atoms with Crippen LogP contribution in [0, 0.1) is 0 Å². The fraction of sp³-hybridized carbons (Fsp3) is 0.316. The smallest absolute Gasteiger partial charge is 0.315 e. The van der Waals surface area contributed by atoms with Crippen molar-refractivity contribution in [2.24, 2.45) is 0 Å². The summed E-state index contributed by atoms with van der Waals surface area (Å²) in [7, 11) is 1.61. The number of benzene rings is 2. The molecule has 0 saturated carbocycles. The molecule has 0 heterocycles. The average Bonchev–Trinajstić information content (AvgIpc) is 2.60. The summed E-state index contributed by atoms with van der Waals surface area (Å²) in [6, 6.07) is 14.4. The first-order valence-electron chi connectivity index (χ1n) is 7.99. The van der Waals surface area contributed by atoms with Crippen molar-refractivity contribution in [2.45, 2.75) is 25.5 Å². The largest absolute Gasteiger partial charge is 0.497 e. The second-order valence-corrected chi connectivity index (χ2v) is 6.62. The fourth-order valence-electron chi connectivity index (χ4n) is 2.36. The van der Waals surface area contributed by atoms with E-state index in [2.05, 4.69) is 10.6 Å². The number of amides is 2. The number of urea groups is 1. The van der Waals surface area contributed by atoms with Crippen LogP contribution in [0.3, 0.4) is 0 Å². The van der Waals surface area contributed by atoms with Crippen LogP contribution < -0.4 is 15.4 Å². The van der Waals surface area contributed by atoms with Gasteiger partial charge in [-0.15, -0.1) is 0 Å². The molecule has 0 radical (unpaired) electrons. The molecule has 0 aliphatic rings. The minimum Gasteiger partial charge on any atom is -0.497 e. The van der Waals surface area contributed by atoms with Crippen molar-refractivity contribution in [3.8, 4) is 5.75 Å². The van der Waals surface area contributed by atoms with Crippen LogP contribution >= 0.6 is 11.6 Å². The summed E-state index contributed by atoms with van der Waals surface area (Å²) in [5.41, 5.74) is 0.866. The molecule has 2 amide bonds. The first-order valence-corrected chi connectivity index (χ1v) is 8.37. The first-order chi connectivity index (χ1) is 11.9. The standard InChI is InChI=1S/C19H23ClN2O3/c1-19(24,11-14-5-9-17(25-2)10-6-14)13-22-18(23)21-12-15-3-7-16(20)8-4-15/h3-10,24H,11-13H2,1-2H3,(H2,21,22,23)/t19-/m1/s1. The van der Waals surface area contributed by atoms with Gasteiger partial charge in [0, 0.05) is 24.5 Å². The number of carbonyl (C=O) groups excluding carboxylic acids is 1. The lowest BCUT2D eigenvalue weighted by Crippen LogP contribution is -2.45. The second-order valence-electron chi connectivity index (χ2n) is 6.18. The topological polar surface area (TPSA) is 70.6 Å². The monoisotopic (exact) mass is 362 g/mol.